The van der Waals surface area contributed by atoms with E-state index in [-0.39, 0.29) is 24.9 Å². The minimum Gasteiger partial charge on any atom is -0.480 e. The Kier molecular flexibility index (Phi) is 5.26. The molecule has 0 aliphatic carbocycles. The van der Waals surface area contributed by atoms with Crippen molar-refractivity contribution in [2.45, 2.75) is 6.92 Å². The third-order valence-corrected chi connectivity index (χ3v) is 2.18. The Morgan fingerprint density at radius 3 is 2.78 bits per heavy atom. The number of halogens is 1. The summed E-state index contributed by atoms with van der Waals surface area (Å²) in [6.07, 6.45) is 0. The van der Waals surface area contributed by atoms with Gasteiger partial charge in [0.15, 0.2) is 0 Å². The second-order valence-corrected chi connectivity index (χ2v) is 3.67. The second kappa shape index (κ2) is 6.70. The lowest BCUT2D eigenvalue weighted by molar-refractivity contribution is -0.142. The van der Waals surface area contributed by atoms with Gasteiger partial charge in [-0.2, -0.15) is 0 Å². The smallest absolute Gasteiger partial charge is 0.329 e. The Morgan fingerprint density at radius 2 is 2.17 bits per heavy atom. The maximum atomic E-state index is 13.0. The molecule has 0 aromatic heterocycles. The lowest BCUT2D eigenvalue weighted by atomic mass is 10.1. The summed E-state index contributed by atoms with van der Waals surface area (Å²) < 4.78 is 17.7. The Hall–Kier alpha value is -1.95. The molecule has 1 rings (SSSR count). The van der Waals surface area contributed by atoms with E-state index in [1.54, 1.807) is 6.92 Å². The highest BCUT2D eigenvalue weighted by molar-refractivity contribution is 5.94. The molecule has 5 nitrogen and oxygen atoms in total. The number of carbonyl (C=O) groups excluding carboxylic acids is 1. The molecule has 6 heteroatoms. The number of ether oxygens (including phenoxy) is 1. The minimum absolute atomic E-state index is 0.109. The third kappa shape index (κ3) is 4.50. The van der Waals surface area contributed by atoms with E-state index in [9.17, 15) is 14.0 Å². The van der Waals surface area contributed by atoms with Gasteiger partial charge in [0.05, 0.1) is 6.61 Å². The third-order valence-electron chi connectivity index (χ3n) is 2.18. The maximum absolute atomic E-state index is 13.0. The van der Waals surface area contributed by atoms with Gasteiger partial charge in [-0.25, -0.2) is 9.18 Å². The fraction of sp³-hybridized carbons (Fsp3) is 0.333. The molecule has 1 aromatic carbocycles. The van der Waals surface area contributed by atoms with Gasteiger partial charge >= 0.3 is 5.97 Å². The van der Waals surface area contributed by atoms with Gasteiger partial charge in [-0.1, -0.05) is 0 Å². The molecule has 18 heavy (non-hydrogen) atoms. The first-order valence-corrected chi connectivity index (χ1v) is 5.34. The molecule has 0 radical (unpaired) electrons. The summed E-state index contributed by atoms with van der Waals surface area (Å²) in [6.45, 7) is 1.48. The number of amides is 1. The number of carboxylic acids is 1. The Balaban J connectivity index is 2.36. The van der Waals surface area contributed by atoms with Crippen molar-refractivity contribution in [1.29, 1.82) is 0 Å². The fourth-order valence-corrected chi connectivity index (χ4v) is 1.28. The number of aryl methyl sites for hydroxylation is 1. The van der Waals surface area contributed by atoms with Crippen LogP contribution in [0.15, 0.2) is 18.2 Å². The lowest BCUT2D eigenvalue weighted by Gasteiger charge is -2.06. The van der Waals surface area contributed by atoms with Crippen molar-refractivity contribution in [3.63, 3.8) is 0 Å². The molecule has 0 unspecified atom stereocenters. The molecule has 0 aliphatic rings. The molecule has 0 saturated heterocycles. The monoisotopic (exact) mass is 255 g/mol. The van der Waals surface area contributed by atoms with E-state index in [1.807, 2.05) is 0 Å². The van der Waals surface area contributed by atoms with Crippen molar-refractivity contribution in [3.05, 3.63) is 35.1 Å². The van der Waals surface area contributed by atoms with Crippen LogP contribution in [0.3, 0.4) is 0 Å². The molecule has 1 aromatic rings. The molecular weight excluding hydrogens is 241 g/mol. The number of carbonyl (C=O) groups is 2. The van der Waals surface area contributed by atoms with Gasteiger partial charge in [0.2, 0.25) is 0 Å². The van der Waals surface area contributed by atoms with E-state index in [4.69, 9.17) is 9.84 Å². The van der Waals surface area contributed by atoms with E-state index in [2.05, 4.69) is 5.32 Å². The number of carboxylic acid groups (broad SMARTS) is 1. The Labute approximate surface area is 104 Å². The molecule has 98 valence electrons. The fourth-order valence-electron chi connectivity index (χ4n) is 1.28. The topological polar surface area (TPSA) is 75.6 Å². The van der Waals surface area contributed by atoms with Crippen LogP contribution in [-0.2, 0) is 9.53 Å². The Bertz CT molecular complexity index is 448. The van der Waals surface area contributed by atoms with Gasteiger partial charge in [0, 0.05) is 12.1 Å². The van der Waals surface area contributed by atoms with Crippen molar-refractivity contribution in [1.82, 2.24) is 5.32 Å². The van der Waals surface area contributed by atoms with E-state index >= 15 is 0 Å². The first-order chi connectivity index (χ1) is 8.50. The molecule has 0 fully saturated rings. The summed E-state index contributed by atoms with van der Waals surface area (Å²) in [5.41, 5.74) is 0.747. The van der Waals surface area contributed by atoms with Gasteiger partial charge < -0.3 is 15.2 Å². The number of hydrogen-bond donors (Lipinski definition) is 2. The van der Waals surface area contributed by atoms with Crippen LogP contribution in [-0.4, -0.2) is 36.7 Å². The second-order valence-electron chi connectivity index (χ2n) is 3.67. The zero-order chi connectivity index (χ0) is 13.5. The molecule has 0 aliphatic heterocycles. The highest BCUT2D eigenvalue weighted by Gasteiger charge is 2.07. The van der Waals surface area contributed by atoms with Gasteiger partial charge in [0.1, 0.15) is 12.4 Å². The number of rotatable bonds is 6. The van der Waals surface area contributed by atoms with Gasteiger partial charge in [-0.3, -0.25) is 4.79 Å². The van der Waals surface area contributed by atoms with Crippen molar-refractivity contribution >= 4 is 11.9 Å². The molecule has 0 heterocycles. The standard InChI is InChI=1S/C12H14FNO4/c1-8-6-9(2-3-10(8)13)12(17)14-4-5-18-7-11(15)16/h2-3,6H,4-5,7H2,1H3,(H,14,17)(H,15,16). The first-order valence-electron chi connectivity index (χ1n) is 5.34. The van der Waals surface area contributed by atoms with Gasteiger partial charge in [-0.15, -0.1) is 0 Å². The van der Waals surface area contributed by atoms with Crippen LogP contribution < -0.4 is 5.32 Å². The van der Waals surface area contributed by atoms with Gasteiger partial charge in [0.25, 0.3) is 5.91 Å². The van der Waals surface area contributed by atoms with E-state index in [0.29, 0.717) is 11.1 Å². The zero-order valence-electron chi connectivity index (χ0n) is 9.90. The number of aliphatic carboxylic acids is 1. The van der Waals surface area contributed by atoms with Crippen LogP contribution >= 0.6 is 0 Å². The number of nitrogens with one attached hydrogen (secondary N) is 1. The highest BCUT2D eigenvalue weighted by atomic mass is 19.1. The summed E-state index contributed by atoms with van der Waals surface area (Å²) >= 11 is 0. The first kappa shape index (κ1) is 14.1. The minimum atomic E-state index is -1.06. The van der Waals surface area contributed by atoms with E-state index < -0.39 is 12.6 Å². The molecule has 0 saturated carbocycles. The van der Waals surface area contributed by atoms with Gasteiger partial charge in [-0.05, 0) is 30.7 Å². The van der Waals surface area contributed by atoms with Crippen LogP contribution in [0.2, 0.25) is 0 Å². The largest absolute Gasteiger partial charge is 0.480 e. The normalized spacial score (nSPS) is 10.1. The van der Waals surface area contributed by atoms with Crippen LogP contribution in [0.1, 0.15) is 15.9 Å². The molecular formula is C12H14FNO4. The van der Waals surface area contributed by atoms with Crippen molar-refractivity contribution in [2.24, 2.45) is 0 Å². The highest BCUT2D eigenvalue weighted by Crippen LogP contribution is 2.08. The summed E-state index contributed by atoms with van der Waals surface area (Å²) in [4.78, 5) is 21.7. The average Bonchev–Trinajstić information content (AvgIpc) is 2.31. The zero-order valence-corrected chi connectivity index (χ0v) is 9.90. The van der Waals surface area contributed by atoms with Crippen LogP contribution in [0.4, 0.5) is 4.39 Å². The molecule has 2 N–H and O–H groups in total. The number of hydrogen-bond acceptors (Lipinski definition) is 3. The summed E-state index contributed by atoms with van der Waals surface area (Å²) in [5.74, 6) is -1.77. The Morgan fingerprint density at radius 1 is 1.44 bits per heavy atom. The summed E-state index contributed by atoms with van der Waals surface area (Å²) in [5, 5.41) is 10.8. The predicted molar refractivity (Wildman–Crippen MR) is 61.9 cm³/mol. The lowest BCUT2D eigenvalue weighted by Crippen LogP contribution is -2.28. The van der Waals surface area contributed by atoms with Crippen molar-refractivity contribution in [2.75, 3.05) is 19.8 Å². The molecule has 0 atom stereocenters. The molecule has 0 spiro atoms. The van der Waals surface area contributed by atoms with Crippen LogP contribution in [0.5, 0.6) is 0 Å². The molecule has 0 bridgehead atoms. The summed E-state index contributed by atoms with van der Waals surface area (Å²) in [7, 11) is 0. The SMILES string of the molecule is Cc1cc(C(=O)NCCOCC(=O)O)ccc1F. The van der Waals surface area contributed by atoms with E-state index in [1.165, 1.54) is 18.2 Å². The van der Waals surface area contributed by atoms with Crippen LogP contribution in [0, 0.1) is 12.7 Å². The van der Waals surface area contributed by atoms with Crippen molar-refractivity contribution in [3.8, 4) is 0 Å². The quantitative estimate of drug-likeness (QED) is 0.742. The van der Waals surface area contributed by atoms with Crippen LogP contribution in [0.25, 0.3) is 0 Å². The average molecular weight is 255 g/mol. The van der Waals surface area contributed by atoms with Crippen molar-refractivity contribution < 1.29 is 23.8 Å². The number of benzene rings is 1. The molecule has 1 amide bonds. The van der Waals surface area contributed by atoms with E-state index in [0.717, 1.165) is 0 Å². The summed E-state index contributed by atoms with van der Waals surface area (Å²) in [6, 6.07) is 4.06. The predicted octanol–water partition coefficient (Wildman–Crippen LogP) is 0.965. The maximum Gasteiger partial charge on any atom is 0.329 e.